The molecule has 0 unspecified atom stereocenters. The van der Waals surface area contributed by atoms with E-state index in [1.54, 1.807) is 6.20 Å². The van der Waals surface area contributed by atoms with Crippen molar-refractivity contribution < 1.29 is 0 Å². The summed E-state index contributed by atoms with van der Waals surface area (Å²) in [5.41, 5.74) is 1.98. The fourth-order valence-electron chi connectivity index (χ4n) is 0.770. The fourth-order valence-corrected chi connectivity index (χ4v) is 0.770. The van der Waals surface area contributed by atoms with Crippen LogP contribution in [0.25, 0.3) is 4.85 Å². The second-order valence-electron chi connectivity index (χ2n) is 2.06. The van der Waals surface area contributed by atoms with Gasteiger partial charge in [-0.05, 0) is 19.1 Å². The first-order valence-corrected chi connectivity index (χ1v) is 3.08. The third-order valence-corrected chi connectivity index (χ3v) is 1.37. The average molecular weight is 132 g/mol. The van der Waals surface area contributed by atoms with Crippen LogP contribution in [0.5, 0.6) is 0 Å². The zero-order chi connectivity index (χ0) is 7.40. The van der Waals surface area contributed by atoms with Gasteiger partial charge < -0.3 is 4.85 Å². The highest BCUT2D eigenvalue weighted by Crippen LogP contribution is 2.03. The summed E-state index contributed by atoms with van der Waals surface area (Å²) in [5, 5.41) is 0. The number of aryl methyl sites for hydroxylation is 1. The first kappa shape index (κ1) is 6.76. The molecule has 1 rings (SSSR count). The van der Waals surface area contributed by atoms with Crippen LogP contribution in [0.2, 0.25) is 0 Å². The van der Waals surface area contributed by atoms with Gasteiger partial charge in [-0.3, -0.25) is 4.98 Å². The van der Waals surface area contributed by atoms with Crippen LogP contribution in [0.3, 0.4) is 0 Å². The molecule has 1 heterocycles. The van der Waals surface area contributed by atoms with E-state index in [1.165, 1.54) is 0 Å². The first-order valence-electron chi connectivity index (χ1n) is 3.08. The quantitative estimate of drug-likeness (QED) is 0.532. The van der Waals surface area contributed by atoms with Crippen LogP contribution in [0, 0.1) is 13.5 Å². The molecule has 0 aliphatic carbocycles. The van der Waals surface area contributed by atoms with Gasteiger partial charge in [-0.2, -0.15) is 0 Å². The third kappa shape index (κ3) is 1.32. The summed E-state index contributed by atoms with van der Waals surface area (Å²) >= 11 is 0. The van der Waals surface area contributed by atoms with Crippen molar-refractivity contribution in [2.45, 2.75) is 13.5 Å². The van der Waals surface area contributed by atoms with E-state index in [-0.39, 0.29) is 0 Å². The Hall–Kier alpha value is -1.36. The summed E-state index contributed by atoms with van der Waals surface area (Å²) in [6, 6.07) is 3.79. The molecule has 50 valence electrons. The number of nitrogens with zero attached hydrogens (tertiary/aromatic N) is 2. The van der Waals surface area contributed by atoms with Crippen molar-refractivity contribution in [2.24, 2.45) is 0 Å². The number of aromatic nitrogens is 1. The summed E-state index contributed by atoms with van der Waals surface area (Å²) in [6.45, 7) is 9.00. The van der Waals surface area contributed by atoms with Crippen molar-refractivity contribution in [2.75, 3.05) is 0 Å². The largest absolute Gasteiger partial charge is 0.312 e. The highest BCUT2D eigenvalue weighted by Gasteiger charge is 1.97. The maximum Gasteiger partial charge on any atom is 0.241 e. The molecule has 0 aliphatic heterocycles. The molecule has 0 aromatic carbocycles. The zero-order valence-electron chi connectivity index (χ0n) is 5.83. The topological polar surface area (TPSA) is 17.2 Å². The Kier molecular flexibility index (Phi) is 2.01. The molecule has 0 amide bonds. The minimum absolute atomic E-state index is 0.444. The van der Waals surface area contributed by atoms with Gasteiger partial charge in [0.15, 0.2) is 0 Å². The van der Waals surface area contributed by atoms with Crippen molar-refractivity contribution >= 4 is 0 Å². The maximum absolute atomic E-state index is 6.63. The molecule has 0 fully saturated rings. The molecule has 1 aromatic heterocycles. The molecule has 2 nitrogen and oxygen atoms in total. The summed E-state index contributed by atoms with van der Waals surface area (Å²) in [7, 11) is 0. The van der Waals surface area contributed by atoms with Gasteiger partial charge in [0, 0.05) is 11.9 Å². The van der Waals surface area contributed by atoms with Crippen molar-refractivity contribution in [3.05, 3.63) is 41.0 Å². The predicted molar refractivity (Wildman–Crippen MR) is 39.3 cm³/mol. The lowest BCUT2D eigenvalue weighted by atomic mass is 10.2. The number of hydrogen-bond acceptors (Lipinski definition) is 1. The van der Waals surface area contributed by atoms with E-state index in [1.807, 2.05) is 19.1 Å². The van der Waals surface area contributed by atoms with Gasteiger partial charge in [0.1, 0.15) is 0 Å². The second kappa shape index (κ2) is 2.98. The molecule has 0 atom stereocenters. The Bertz CT molecular complexity index is 260. The Morgan fingerprint density at radius 2 is 2.50 bits per heavy atom. The molecule has 0 saturated carbocycles. The Balaban J connectivity index is 2.94. The molecule has 1 aromatic rings. The van der Waals surface area contributed by atoms with E-state index in [0.717, 1.165) is 11.3 Å². The summed E-state index contributed by atoms with van der Waals surface area (Å²) in [6.07, 6.45) is 1.74. The minimum Gasteiger partial charge on any atom is -0.312 e. The van der Waals surface area contributed by atoms with Crippen LogP contribution in [-0.4, -0.2) is 4.98 Å². The molecule has 0 bridgehead atoms. The Morgan fingerprint density at radius 1 is 1.70 bits per heavy atom. The van der Waals surface area contributed by atoms with Crippen molar-refractivity contribution in [3.8, 4) is 0 Å². The molecule has 2 heteroatoms. The second-order valence-corrected chi connectivity index (χ2v) is 2.06. The van der Waals surface area contributed by atoms with Crippen LogP contribution >= 0.6 is 0 Å². The van der Waals surface area contributed by atoms with Gasteiger partial charge in [-0.25, -0.2) is 6.57 Å². The Labute approximate surface area is 60.3 Å². The van der Waals surface area contributed by atoms with Gasteiger partial charge in [-0.1, -0.05) is 0 Å². The lowest BCUT2D eigenvalue weighted by Crippen LogP contribution is -1.87. The van der Waals surface area contributed by atoms with E-state index in [0.29, 0.717) is 6.54 Å². The van der Waals surface area contributed by atoms with Crippen molar-refractivity contribution in [1.82, 2.24) is 4.98 Å². The highest BCUT2D eigenvalue weighted by atomic mass is 14.7. The normalized spacial score (nSPS) is 8.80. The van der Waals surface area contributed by atoms with Crippen LogP contribution in [-0.2, 0) is 6.54 Å². The molecular formula is C8H8N2. The van der Waals surface area contributed by atoms with E-state index < -0.39 is 0 Å². The van der Waals surface area contributed by atoms with Crippen LogP contribution in [0.15, 0.2) is 18.3 Å². The van der Waals surface area contributed by atoms with Gasteiger partial charge in [0.2, 0.25) is 6.54 Å². The van der Waals surface area contributed by atoms with Gasteiger partial charge in [0.05, 0.1) is 5.56 Å². The maximum atomic E-state index is 6.63. The highest BCUT2D eigenvalue weighted by molar-refractivity contribution is 5.19. The van der Waals surface area contributed by atoms with Gasteiger partial charge in [-0.15, -0.1) is 0 Å². The van der Waals surface area contributed by atoms with E-state index in [4.69, 9.17) is 6.57 Å². The third-order valence-electron chi connectivity index (χ3n) is 1.37. The molecule has 0 aliphatic rings. The van der Waals surface area contributed by atoms with E-state index in [9.17, 15) is 0 Å². The molecule has 0 spiro atoms. The molecule has 0 N–H and O–H groups in total. The van der Waals surface area contributed by atoms with Crippen LogP contribution in [0.4, 0.5) is 0 Å². The fraction of sp³-hybridized carbons (Fsp3) is 0.250. The van der Waals surface area contributed by atoms with E-state index in [2.05, 4.69) is 9.83 Å². The number of pyridine rings is 1. The Morgan fingerprint density at radius 3 is 3.10 bits per heavy atom. The number of hydrogen-bond donors (Lipinski definition) is 0. The van der Waals surface area contributed by atoms with Gasteiger partial charge >= 0.3 is 0 Å². The van der Waals surface area contributed by atoms with E-state index >= 15 is 0 Å². The lowest BCUT2D eigenvalue weighted by Gasteiger charge is -1.93. The molecule has 0 saturated heterocycles. The van der Waals surface area contributed by atoms with Gasteiger partial charge in [0.25, 0.3) is 0 Å². The summed E-state index contributed by atoms with van der Waals surface area (Å²) in [4.78, 5) is 7.33. The SMILES string of the molecule is [C-]#[N+]Cc1cccnc1C. The average Bonchev–Trinajstić information content (AvgIpc) is 1.94. The van der Waals surface area contributed by atoms with Crippen LogP contribution < -0.4 is 0 Å². The molecule has 0 radical (unpaired) electrons. The zero-order valence-corrected chi connectivity index (χ0v) is 5.83. The first-order chi connectivity index (χ1) is 4.84. The lowest BCUT2D eigenvalue weighted by molar-refractivity contribution is 1.10. The van der Waals surface area contributed by atoms with Crippen molar-refractivity contribution in [1.29, 1.82) is 0 Å². The molecule has 10 heavy (non-hydrogen) atoms. The summed E-state index contributed by atoms with van der Waals surface area (Å²) in [5.74, 6) is 0. The number of rotatable bonds is 1. The van der Waals surface area contributed by atoms with Crippen LogP contribution in [0.1, 0.15) is 11.3 Å². The monoisotopic (exact) mass is 132 g/mol. The standard InChI is InChI=1S/C8H8N2/c1-7-8(6-9-2)4-3-5-10-7/h3-5H,6H2,1H3. The smallest absolute Gasteiger partial charge is 0.241 e. The van der Waals surface area contributed by atoms with Crippen molar-refractivity contribution in [3.63, 3.8) is 0 Å². The predicted octanol–water partition coefficient (Wildman–Crippen LogP) is 1.81. The molecular weight excluding hydrogens is 124 g/mol. The summed E-state index contributed by atoms with van der Waals surface area (Å²) < 4.78 is 0. The minimum atomic E-state index is 0.444.